The third-order valence-electron chi connectivity index (χ3n) is 4.45. The van der Waals surface area contributed by atoms with Gasteiger partial charge in [0, 0.05) is 28.9 Å². The first kappa shape index (κ1) is 16.2. The van der Waals surface area contributed by atoms with Crippen molar-refractivity contribution in [2.24, 2.45) is 4.99 Å². The van der Waals surface area contributed by atoms with E-state index in [1.54, 1.807) is 29.7 Å². The molecule has 26 heavy (non-hydrogen) atoms. The van der Waals surface area contributed by atoms with E-state index < -0.39 is 4.92 Å². The fourth-order valence-electron chi connectivity index (χ4n) is 3.19. The zero-order valence-electron chi connectivity index (χ0n) is 13.8. The Balaban J connectivity index is 1.65. The molecule has 0 N–H and O–H groups in total. The number of rotatable bonds is 4. The van der Waals surface area contributed by atoms with Gasteiger partial charge in [0.25, 0.3) is 5.69 Å². The first-order valence-corrected chi connectivity index (χ1v) is 9.00. The van der Waals surface area contributed by atoms with Crippen LogP contribution in [0.15, 0.2) is 47.6 Å². The van der Waals surface area contributed by atoms with Gasteiger partial charge in [-0.2, -0.15) is 5.26 Å². The Morgan fingerprint density at radius 2 is 2.08 bits per heavy atom. The number of nitrogens with zero attached hydrogens (tertiary/aromatic N) is 4. The summed E-state index contributed by atoms with van der Waals surface area (Å²) < 4.78 is 1.90. The Bertz CT molecular complexity index is 1050. The number of nitriles is 1. The van der Waals surface area contributed by atoms with Crippen LogP contribution >= 0.6 is 11.3 Å². The summed E-state index contributed by atoms with van der Waals surface area (Å²) in [7, 11) is 0. The molecule has 0 unspecified atom stereocenters. The van der Waals surface area contributed by atoms with Crippen molar-refractivity contribution in [3.63, 3.8) is 0 Å². The predicted octanol–water partition coefficient (Wildman–Crippen LogP) is 4.56. The number of nitro groups is 1. The number of aliphatic imine (C=N–C) groups is 1. The zero-order valence-corrected chi connectivity index (χ0v) is 14.6. The van der Waals surface area contributed by atoms with E-state index in [4.69, 9.17) is 0 Å². The van der Waals surface area contributed by atoms with Gasteiger partial charge >= 0.3 is 0 Å². The maximum atomic E-state index is 10.8. The fourth-order valence-corrected chi connectivity index (χ4v) is 4.37. The second kappa shape index (κ2) is 6.58. The lowest BCUT2D eigenvalue weighted by atomic mass is 10.1. The average molecular weight is 362 g/mol. The van der Waals surface area contributed by atoms with Crippen molar-refractivity contribution in [1.29, 1.82) is 5.26 Å². The lowest BCUT2D eigenvalue weighted by Crippen LogP contribution is -1.98. The molecule has 0 spiro atoms. The zero-order chi connectivity index (χ0) is 18.1. The van der Waals surface area contributed by atoms with Gasteiger partial charge in [-0.05, 0) is 49.1 Å². The Morgan fingerprint density at radius 3 is 2.81 bits per heavy atom. The molecule has 6 nitrogen and oxygen atoms in total. The molecular weight excluding hydrogens is 348 g/mol. The lowest BCUT2D eigenvalue weighted by Gasteiger charge is -2.05. The number of thiophene rings is 1. The Hall–Kier alpha value is -3.24. The van der Waals surface area contributed by atoms with Crippen molar-refractivity contribution in [2.45, 2.75) is 19.3 Å². The van der Waals surface area contributed by atoms with Gasteiger partial charge in [-0.1, -0.05) is 0 Å². The molecule has 2 heterocycles. The first-order chi connectivity index (χ1) is 12.7. The van der Waals surface area contributed by atoms with Crippen LogP contribution in [0, 0.1) is 21.4 Å². The monoisotopic (exact) mass is 362 g/mol. The Morgan fingerprint density at radius 1 is 1.27 bits per heavy atom. The number of benzene rings is 1. The molecule has 4 rings (SSSR count). The van der Waals surface area contributed by atoms with Gasteiger partial charge in [-0.25, -0.2) is 4.99 Å². The molecule has 0 saturated heterocycles. The normalized spacial score (nSPS) is 13.0. The lowest BCUT2D eigenvalue weighted by molar-refractivity contribution is -0.384. The third-order valence-corrected chi connectivity index (χ3v) is 5.65. The Labute approximate surface area is 153 Å². The van der Waals surface area contributed by atoms with Crippen LogP contribution in [0.4, 0.5) is 10.7 Å². The highest BCUT2D eigenvalue weighted by Gasteiger charge is 2.21. The van der Waals surface area contributed by atoms with Crippen molar-refractivity contribution >= 4 is 28.2 Å². The van der Waals surface area contributed by atoms with Gasteiger partial charge in [-0.15, -0.1) is 11.3 Å². The molecule has 0 saturated carbocycles. The van der Waals surface area contributed by atoms with Crippen molar-refractivity contribution in [2.75, 3.05) is 0 Å². The second-order valence-electron chi connectivity index (χ2n) is 5.98. The molecule has 2 aromatic heterocycles. The molecule has 7 heteroatoms. The van der Waals surface area contributed by atoms with Crippen LogP contribution in [0.5, 0.6) is 0 Å². The molecule has 0 atom stereocenters. The van der Waals surface area contributed by atoms with Crippen LogP contribution in [0.2, 0.25) is 0 Å². The number of hydrogen-bond acceptors (Lipinski definition) is 5. The average Bonchev–Trinajstić information content (AvgIpc) is 3.35. The number of aryl methyl sites for hydroxylation is 1. The largest absolute Gasteiger partial charge is 0.316 e. The van der Waals surface area contributed by atoms with Crippen molar-refractivity contribution < 1.29 is 4.92 Å². The minimum Gasteiger partial charge on any atom is -0.316 e. The summed E-state index contributed by atoms with van der Waals surface area (Å²) in [5.41, 5.74) is 3.58. The van der Waals surface area contributed by atoms with Crippen molar-refractivity contribution in [3.05, 3.63) is 74.4 Å². The van der Waals surface area contributed by atoms with E-state index in [1.165, 1.54) is 17.0 Å². The highest BCUT2D eigenvalue weighted by molar-refractivity contribution is 7.16. The fraction of sp³-hybridized carbons (Fsp3) is 0.158. The molecule has 0 amide bonds. The Kier molecular flexibility index (Phi) is 4.11. The quantitative estimate of drug-likeness (QED) is 0.387. The summed E-state index contributed by atoms with van der Waals surface area (Å²) in [5.74, 6) is 0. The number of hydrogen-bond donors (Lipinski definition) is 0. The smallest absolute Gasteiger partial charge is 0.269 e. The van der Waals surface area contributed by atoms with Crippen molar-refractivity contribution in [1.82, 2.24) is 4.57 Å². The third kappa shape index (κ3) is 2.80. The summed E-state index contributed by atoms with van der Waals surface area (Å²) in [6.45, 7) is 0. The van der Waals surface area contributed by atoms with Crippen LogP contribution in [0.25, 0.3) is 5.69 Å². The topological polar surface area (TPSA) is 84.2 Å². The number of fused-ring (bicyclic) bond motifs is 1. The summed E-state index contributed by atoms with van der Waals surface area (Å²) in [6, 6.07) is 12.5. The summed E-state index contributed by atoms with van der Waals surface area (Å²) in [6.07, 6.45) is 6.72. The van der Waals surface area contributed by atoms with Crippen molar-refractivity contribution in [3.8, 4) is 11.8 Å². The van der Waals surface area contributed by atoms with E-state index in [2.05, 4.69) is 11.1 Å². The standard InChI is InChI=1S/C19H14N4O2S/c20-11-17-16-4-1-5-18(16)26-19(17)21-12-15-3-2-10-22(15)13-6-8-14(9-7-13)23(24)25/h2-3,6-10,12H,1,4-5H2/b21-12+. The number of aromatic nitrogens is 1. The maximum Gasteiger partial charge on any atom is 0.269 e. The van der Waals surface area contributed by atoms with E-state index in [-0.39, 0.29) is 5.69 Å². The number of nitro benzene ring substituents is 1. The molecule has 0 fully saturated rings. The van der Waals surface area contributed by atoms with Gasteiger partial charge in [0.05, 0.1) is 22.4 Å². The van der Waals surface area contributed by atoms with Crippen LogP contribution in [0.1, 0.15) is 28.1 Å². The van der Waals surface area contributed by atoms with Crippen LogP contribution < -0.4 is 0 Å². The highest BCUT2D eigenvalue weighted by atomic mass is 32.1. The minimum atomic E-state index is -0.415. The van der Waals surface area contributed by atoms with Gasteiger partial charge in [0.2, 0.25) is 0 Å². The molecule has 1 aromatic carbocycles. The van der Waals surface area contributed by atoms with Gasteiger partial charge in [0.15, 0.2) is 0 Å². The molecule has 1 aliphatic rings. The van der Waals surface area contributed by atoms with E-state index in [9.17, 15) is 15.4 Å². The molecule has 0 aliphatic heterocycles. The first-order valence-electron chi connectivity index (χ1n) is 8.18. The molecule has 0 bridgehead atoms. The van der Waals surface area contributed by atoms with Gasteiger partial charge in [0.1, 0.15) is 11.1 Å². The van der Waals surface area contributed by atoms with Gasteiger partial charge in [-0.3, -0.25) is 10.1 Å². The van der Waals surface area contributed by atoms with Crippen LogP contribution in [-0.2, 0) is 12.8 Å². The summed E-state index contributed by atoms with van der Waals surface area (Å²) >= 11 is 1.60. The van der Waals surface area contributed by atoms with Gasteiger partial charge < -0.3 is 4.57 Å². The van der Waals surface area contributed by atoms with Crippen LogP contribution in [0.3, 0.4) is 0 Å². The molecule has 1 aliphatic carbocycles. The van der Waals surface area contributed by atoms with E-state index >= 15 is 0 Å². The summed E-state index contributed by atoms with van der Waals surface area (Å²) in [4.78, 5) is 16.2. The van der Waals surface area contributed by atoms with E-state index in [0.29, 0.717) is 5.56 Å². The molecule has 3 aromatic rings. The molecule has 0 radical (unpaired) electrons. The molecule has 128 valence electrons. The molecular formula is C19H14N4O2S. The van der Waals surface area contributed by atoms with E-state index in [1.807, 2.05) is 22.9 Å². The summed E-state index contributed by atoms with van der Waals surface area (Å²) in [5, 5.41) is 21.0. The number of non-ortho nitro benzene ring substituents is 1. The highest BCUT2D eigenvalue weighted by Crippen LogP contribution is 2.40. The minimum absolute atomic E-state index is 0.0582. The maximum absolute atomic E-state index is 10.8. The van der Waals surface area contributed by atoms with Crippen LogP contribution in [-0.4, -0.2) is 15.7 Å². The van der Waals surface area contributed by atoms with E-state index in [0.717, 1.165) is 41.2 Å². The second-order valence-corrected chi connectivity index (χ2v) is 7.07. The SMILES string of the molecule is N#Cc1c(/N=C/c2cccn2-c2ccc([N+](=O)[O-])cc2)sc2c1CCC2. The predicted molar refractivity (Wildman–Crippen MR) is 101 cm³/mol.